The second kappa shape index (κ2) is 8.55. The number of aromatic nitrogens is 2. The van der Waals surface area contributed by atoms with E-state index < -0.39 is 10.0 Å². The Kier molecular flexibility index (Phi) is 5.98. The van der Waals surface area contributed by atoms with Crippen LogP contribution in [0.25, 0.3) is 0 Å². The third-order valence-corrected chi connectivity index (χ3v) is 7.71. The lowest BCUT2D eigenvalue weighted by Crippen LogP contribution is -2.49. The number of aryl methyl sites for hydroxylation is 1. The first kappa shape index (κ1) is 21.7. The fourth-order valence-corrected chi connectivity index (χ4v) is 5.44. The molecule has 8 nitrogen and oxygen atoms in total. The molecule has 0 spiro atoms. The number of rotatable bonds is 5. The maximum atomic E-state index is 13.1. The summed E-state index contributed by atoms with van der Waals surface area (Å²) in [6.45, 7) is 8.72. The first-order valence-corrected chi connectivity index (χ1v) is 12.2. The summed E-state index contributed by atoms with van der Waals surface area (Å²) in [6.07, 6.45) is 1.39. The molecule has 166 valence electrons. The highest BCUT2D eigenvalue weighted by atomic mass is 32.2. The minimum absolute atomic E-state index is 0.0901. The van der Waals surface area contributed by atoms with E-state index in [4.69, 9.17) is 0 Å². The Balaban J connectivity index is 1.45. The molecule has 2 aliphatic rings. The number of benzene rings is 1. The monoisotopic (exact) mass is 443 g/mol. The number of amides is 1. The summed E-state index contributed by atoms with van der Waals surface area (Å²) in [4.78, 5) is 25.2. The molecule has 2 aromatic rings. The number of hydrogen-bond acceptors (Lipinski definition) is 6. The molecule has 0 atom stereocenters. The van der Waals surface area contributed by atoms with Crippen LogP contribution in [0.15, 0.2) is 35.2 Å². The van der Waals surface area contributed by atoms with Crippen LogP contribution in [0.1, 0.15) is 44.1 Å². The quantitative estimate of drug-likeness (QED) is 0.706. The predicted molar refractivity (Wildman–Crippen MR) is 120 cm³/mol. The van der Waals surface area contributed by atoms with Crippen LogP contribution >= 0.6 is 0 Å². The SMILES string of the molecule is Cc1cc(N2CCN(S(=O)(=O)c3ccc(N4CCCC4=O)cc3)CC2)nc(C(C)C)n1. The molecule has 3 heterocycles. The van der Waals surface area contributed by atoms with Gasteiger partial charge in [0, 0.05) is 62.5 Å². The molecular formula is C22H29N5O3S. The molecule has 1 aromatic heterocycles. The predicted octanol–water partition coefficient (Wildman–Crippen LogP) is 2.55. The van der Waals surface area contributed by atoms with E-state index in [0.29, 0.717) is 39.1 Å². The van der Waals surface area contributed by atoms with E-state index >= 15 is 0 Å². The van der Waals surface area contributed by atoms with Gasteiger partial charge in [-0.1, -0.05) is 13.8 Å². The Bertz CT molecular complexity index is 1060. The summed E-state index contributed by atoms with van der Waals surface area (Å²) in [6, 6.07) is 8.61. The van der Waals surface area contributed by atoms with Crippen molar-refractivity contribution in [3.05, 3.63) is 41.9 Å². The molecule has 0 unspecified atom stereocenters. The van der Waals surface area contributed by atoms with Crippen LogP contribution in [0.4, 0.5) is 11.5 Å². The minimum atomic E-state index is -3.58. The average molecular weight is 444 g/mol. The molecule has 31 heavy (non-hydrogen) atoms. The molecule has 2 aliphatic heterocycles. The van der Waals surface area contributed by atoms with Gasteiger partial charge in [0.05, 0.1) is 4.90 Å². The highest BCUT2D eigenvalue weighted by Gasteiger charge is 2.30. The lowest BCUT2D eigenvalue weighted by molar-refractivity contribution is -0.117. The van der Waals surface area contributed by atoms with Crippen molar-refractivity contribution in [1.82, 2.24) is 14.3 Å². The second-order valence-electron chi connectivity index (χ2n) is 8.41. The lowest BCUT2D eigenvalue weighted by atomic mass is 10.2. The van der Waals surface area contributed by atoms with E-state index in [1.165, 1.54) is 4.31 Å². The first-order valence-electron chi connectivity index (χ1n) is 10.8. The van der Waals surface area contributed by atoms with Gasteiger partial charge in [0.15, 0.2) is 0 Å². The van der Waals surface area contributed by atoms with Crippen LogP contribution in [-0.4, -0.2) is 61.3 Å². The Morgan fingerprint density at radius 2 is 1.65 bits per heavy atom. The Morgan fingerprint density at radius 1 is 0.968 bits per heavy atom. The van der Waals surface area contributed by atoms with Crippen molar-refractivity contribution in [1.29, 1.82) is 0 Å². The molecule has 2 saturated heterocycles. The Morgan fingerprint density at radius 3 is 2.23 bits per heavy atom. The molecule has 1 amide bonds. The minimum Gasteiger partial charge on any atom is -0.354 e. The molecule has 1 aromatic carbocycles. The van der Waals surface area contributed by atoms with Gasteiger partial charge < -0.3 is 9.80 Å². The van der Waals surface area contributed by atoms with Crippen molar-refractivity contribution < 1.29 is 13.2 Å². The van der Waals surface area contributed by atoms with Crippen LogP contribution in [0.5, 0.6) is 0 Å². The summed E-state index contributed by atoms with van der Waals surface area (Å²) < 4.78 is 27.8. The van der Waals surface area contributed by atoms with E-state index in [-0.39, 0.29) is 16.7 Å². The fourth-order valence-electron chi connectivity index (χ4n) is 4.02. The van der Waals surface area contributed by atoms with Gasteiger partial charge in [-0.05, 0) is 37.6 Å². The van der Waals surface area contributed by atoms with Gasteiger partial charge in [0.1, 0.15) is 11.6 Å². The number of hydrogen-bond donors (Lipinski definition) is 0. The van der Waals surface area contributed by atoms with Gasteiger partial charge in [0.25, 0.3) is 0 Å². The largest absolute Gasteiger partial charge is 0.354 e. The molecular weight excluding hydrogens is 414 g/mol. The summed E-state index contributed by atoms with van der Waals surface area (Å²) in [7, 11) is -3.58. The number of piperazine rings is 1. The average Bonchev–Trinajstić information content (AvgIpc) is 3.19. The van der Waals surface area contributed by atoms with Gasteiger partial charge in [-0.2, -0.15) is 4.31 Å². The van der Waals surface area contributed by atoms with Crippen LogP contribution in [0.3, 0.4) is 0 Å². The van der Waals surface area contributed by atoms with E-state index in [0.717, 1.165) is 29.4 Å². The maximum absolute atomic E-state index is 13.1. The molecule has 0 bridgehead atoms. The van der Waals surface area contributed by atoms with E-state index in [1.807, 2.05) is 13.0 Å². The molecule has 0 saturated carbocycles. The van der Waals surface area contributed by atoms with Gasteiger partial charge >= 0.3 is 0 Å². The van der Waals surface area contributed by atoms with Gasteiger partial charge in [-0.15, -0.1) is 0 Å². The number of carbonyl (C=O) groups excluding carboxylic acids is 1. The van der Waals surface area contributed by atoms with Crippen LogP contribution < -0.4 is 9.80 Å². The van der Waals surface area contributed by atoms with Crippen molar-refractivity contribution in [2.45, 2.75) is 44.4 Å². The number of anilines is 2. The van der Waals surface area contributed by atoms with Crippen molar-refractivity contribution in [3.8, 4) is 0 Å². The zero-order valence-electron chi connectivity index (χ0n) is 18.3. The standard InChI is InChI=1S/C22H29N5O3S/c1-16(2)22-23-17(3)15-20(24-22)25-11-13-26(14-12-25)31(29,30)19-8-6-18(7-9-19)27-10-4-5-21(27)28/h6-9,15-16H,4-5,10-14H2,1-3H3. The van der Waals surface area contributed by atoms with Crippen LogP contribution in [-0.2, 0) is 14.8 Å². The van der Waals surface area contributed by atoms with Gasteiger partial charge in [0.2, 0.25) is 15.9 Å². The first-order chi connectivity index (χ1) is 14.8. The highest BCUT2D eigenvalue weighted by molar-refractivity contribution is 7.89. The number of sulfonamides is 1. The Hall–Kier alpha value is -2.52. The summed E-state index contributed by atoms with van der Waals surface area (Å²) in [5.74, 6) is 1.99. The van der Waals surface area contributed by atoms with Crippen molar-refractivity contribution >= 4 is 27.4 Å². The number of carbonyl (C=O) groups is 1. The molecule has 0 N–H and O–H groups in total. The summed E-state index contributed by atoms with van der Waals surface area (Å²) in [5, 5.41) is 0. The van der Waals surface area contributed by atoms with E-state index in [1.54, 1.807) is 29.2 Å². The number of nitrogens with zero attached hydrogens (tertiary/aromatic N) is 5. The zero-order chi connectivity index (χ0) is 22.2. The van der Waals surface area contributed by atoms with Gasteiger partial charge in [-0.25, -0.2) is 18.4 Å². The van der Waals surface area contributed by atoms with Crippen molar-refractivity contribution in [2.75, 3.05) is 42.5 Å². The molecule has 4 rings (SSSR count). The third-order valence-electron chi connectivity index (χ3n) is 5.80. The molecule has 0 radical (unpaired) electrons. The second-order valence-corrected chi connectivity index (χ2v) is 10.4. The van der Waals surface area contributed by atoms with Crippen LogP contribution in [0.2, 0.25) is 0 Å². The van der Waals surface area contributed by atoms with E-state index in [9.17, 15) is 13.2 Å². The molecule has 9 heteroatoms. The molecule has 2 fully saturated rings. The fraction of sp³-hybridized carbons (Fsp3) is 0.500. The van der Waals surface area contributed by atoms with E-state index in [2.05, 4.69) is 28.7 Å². The zero-order valence-corrected chi connectivity index (χ0v) is 19.1. The maximum Gasteiger partial charge on any atom is 0.243 e. The third kappa shape index (κ3) is 4.43. The smallest absolute Gasteiger partial charge is 0.243 e. The lowest BCUT2D eigenvalue weighted by Gasteiger charge is -2.35. The highest BCUT2D eigenvalue weighted by Crippen LogP contribution is 2.26. The van der Waals surface area contributed by atoms with Crippen molar-refractivity contribution in [3.63, 3.8) is 0 Å². The topological polar surface area (TPSA) is 86.7 Å². The van der Waals surface area contributed by atoms with Crippen LogP contribution in [0, 0.1) is 6.92 Å². The van der Waals surface area contributed by atoms with Crippen molar-refractivity contribution in [2.24, 2.45) is 0 Å². The summed E-state index contributed by atoms with van der Waals surface area (Å²) in [5.41, 5.74) is 1.67. The Labute approximate surface area is 183 Å². The van der Waals surface area contributed by atoms with Gasteiger partial charge in [-0.3, -0.25) is 4.79 Å². The summed E-state index contributed by atoms with van der Waals surface area (Å²) >= 11 is 0. The normalized spacial score (nSPS) is 18.3. The molecule has 0 aliphatic carbocycles.